The Hall–Kier alpha value is -1.52. The first-order valence-electron chi connectivity index (χ1n) is 5.57. The summed E-state index contributed by atoms with van der Waals surface area (Å²) in [5.41, 5.74) is 6.97. The second kappa shape index (κ2) is 6.29. The van der Waals surface area contributed by atoms with Crippen LogP contribution in [0.4, 0.5) is 10.1 Å². The lowest BCUT2D eigenvalue weighted by atomic mass is 10.2. The molecule has 2 rings (SSSR count). The average molecular weight is 403 g/mol. The van der Waals surface area contributed by atoms with E-state index in [2.05, 4.69) is 0 Å². The highest BCUT2D eigenvalue weighted by molar-refractivity contribution is 14.1. The average Bonchev–Trinajstić information content (AvgIpc) is 2.41. The maximum absolute atomic E-state index is 13.6. The fourth-order valence-electron chi connectivity index (χ4n) is 1.64. The van der Waals surface area contributed by atoms with E-state index in [-0.39, 0.29) is 6.61 Å². The lowest BCUT2D eigenvalue weighted by Crippen LogP contribution is -2.03. The van der Waals surface area contributed by atoms with Crippen LogP contribution >= 0.6 is 34.2 Å². The van der Waals surface area contributed by atoms with Gasteiger partial charge in [0.15, 0.2) is 5.75 Å². The highest BCUT2D eigenvalue weighted by Crippen LogP contribution is 2.30. The predicted molar refractivity (Wildman–Crippen MR) is 84.0 cm³/mol. The molecule has 0 saturated carbocycles. The largest absolute Gasteiger partial charge is 0.486 e. The quantitative estimate of drug-likeness (QED) is 0.621. The summed E-state index contributed by atoms with van der Waals surface area (Å²) in [5.74, 6) is 0.0422. The minimum atomic E-state index is -0.392. The van der Waals surface area contributed by atoms with Crippen molar-refractivity contribution < 1.29 is 9.13 Å². The van der Waals surface area contributed by atoms with Crippen LogP contribution in [0, 0.1) is 20.7 Å². The van der Waals surface area contributed by atoms with Gasteiger partial charge < -0.3 is 10.5 Å². The van der Waals surface area contributed by atoms with E-state index in [4.69, 9.17) is 27.3 Å². The van der Waals surface area contributed by atoms with Crippen LogP contribution in [-0.2, 0) is 6.61 Å². The Balaban J connectivity index is 2.23. The molecule has 20 heavy (non-hydrogen) atoms. The summed E-state index contributed by atoms with van der Waals surface area (Å²) in [6.07, 6.45) is 0. The third-order valence-corrected chi connectivity index (χ3v) is 3.62. The first-order valence-corrected chi connectivity index (χ1v) is 7.03. The van der Waals surface area contributed by atoms with Gasteiger partial charge in [-0.1, -0.05) is 11.6 Å². The lowest BCUT2D eigenvalue weighted by molar-refractivity contribution is 0.299. The number of halogens is 3. The molecule has 0 radical (unpaired) electrons. The van der Waals surface area contributed by atoms with Crippen molar-refractivity contribution in [1.29, 1.82) is 5.26 Å². The van der Waals surface area contributed by atoms with Crippen molar-refractivity contribution in [2.24, 2.45) is 0 Å². The molecule has 6 heteroatoms. The van der Waals surface area contributed by atoms with Gasteiger partial charge in [-0.25, -0.2) is 4.39 Å². The highest BCUT2D eigenvalue weighted by atomic mass is 127. The number of ether oxygens (including phenoxy) is 1. The van der Waals surface area contributed by atoms with Gasteiger partial charge in [0.05, 0.1) is 20.9 Å². The fourth-order valence-corrected chi connectivity index (χ4v) is 2.63. The molecule has 2 aromatic carbocycles. The molecule has 3 nitrogen and oxygen atoms in total. The first-order chi connectivity index (χ1) is 9.51. The number of nitrogens with zero attached hydrogens (tertiary/aromatic N) is 1. The molecule has 0 aromatic heterocycles. The molecule has 0 aliphatic rings. The fraction of sp³-hybridized carbons (Fsp3) is 0.0714. The predicted octanol–water partition coefficient (Wildman–Crippen LogP) is 4.12. The standard InChI is InChI=1S/C14H9ClFIN2O/c15-10-1-2-11(16)9(5-10)7-20-14-12(17)3-8(6-18)4-13(14)19/h1-5H,7,19H2. The van der Waals surface area contributed by atoms with Crippen molar-refractivity contribution in [3.8, 4) is 11.8 Å². The molecule has 0 fully saturated rings. The van der Waals surface area contributed by atoms with Crippen LogP contribution in [0.2, 0.25) is 5.02 Å². The maximum atomic E-state index is 13.6. The smallest absolute Gasteiger partial charge is 0.156 e. The van der Waals surface area contributed by atoms with Crippen LogP contribution in [0.25, 0.3) is 0 Å². The van der Waals surface area contributed by atoms with Gasteiger partial charge in [0.2, 0.25) is 0 Å². The Bertz CT molecular complexity index is 677. The van der Waals surface area contributed by atoms with Crippen molar-refractivity contribution >= 4 is 39.9 Å². The molecule has 0 atom stereocenters. The number of rotatable bonds is 3. The minimum absolute atomic E-state index is 0.0124. The Morgan fingerprint density at radius 2 is 2.10 bits per heavy atom. The minimum Gasteiger partial charge on any atom is -0.486 e. The Labute approximate surface area is 134 Å². The number of nitriles is 1. The van der Waals surface area contributed by atoms with Crippen LogP contribution < -0.4 is 10.5 Å². The van der Waals surface area contributed by atoms with Gasteiger partial charge in [0.1, 0.15) is 12.4 Å². The number of nitrogen functional groups attached to an aromatic ring is 1. The zero-order valence-corrected chi connectivity index (χ0v) is 13.1. The second-order valence-electron chi connectivity index (χ2n) is 4.01. The zero-order chi connectivity index (χ0) is 14.7. The Kier molecular flexibility index (Phi) is 4.68. The topological polar surface area (TPSA) is 59.0 Å². The molecule has 0 aliphatic heterocycles. The molecule has 0 spiro atoms. The SMILES string of the molecule is N#Cc1cc(N)c(OCc2cc(Cl)ccc2F)c(I)c1. The van der Waals surface area contributed by atoms with Gasteiger partial charge in [-0.3, -0.25) is 0 Å². The van der Waals surface area contributed by atoms with Gasteiger partial charge in [0.25, 0.3) is 0 Å². The second-order valence-corrected chi connectivity index (χ2v) is 5.61. The third-order valence-electron chi connectivity index (χ3n) is 2.58. The van der Waals surface area contributed by atoms with Crippen molar-refractivity contribution in [2.45, 2.75) is 6.61 Å². The molecule has 0 aliphatic carbocycles. The molecule has 0 unspecified atom stereocenters. The van der Waals surface area contributed by atoms with E-state index in [9.17, 15) is 4.39 Å². The molecule has 0 bridgehead atoms. The Morgan fingerprint density at radius 3 is 2.75 bits per heavy atom. The van der Waals surface area contributed by atoms with Crippen molar-refractivity contribution in [3.63, 3.8) is 0 Å². The molecule has 2 N–H and O–H groups in total. The summed E-state index contributed by atoms with van der Waals surface area (Å²) in [4.78, 5) is 0. The number of anilines is 1. The van der Waals surface area contributed by atoms with Crippen LogP contribution in [0.5, 0.6) is 5.75 Å². The molecule has 0 heterocycles. The monoisotopic (exact) mass is 402 g/mol. The number of nitrogens with two attached hydrogens (primary N) is 1. The van der Waals surface area contributed by atoms with Crippen LogP contribution in [0.15, 0.2) is 30.3 Å². The van der Waals surface area contributed by atoms with Crippen LogP contribution in [0.3, 0.4) is 0 Å². The van der Waals surface area contributed by atoms with Crippen LogP contribution in [0.1, 0.15) is 11.1 Å². The van der Waals surface area contributed by atoms with E-state index in [0.29, 0.717) is 31.2 Å². The maximum Gasteiger partial charge on any atom is 0.156 e. The van der Waals surface area contributed by atoms with Crippen molar-refractivity contribution in [1.82, 2.24) is 0 Å². The van der Waals surface area contributed by atoms with E-state index < -0.39 is 5.82 Å². The summed E-state index contributed by atoms with van der Waals surface area (Å²) in [6, 6.07) is 9.44. The summed E-state index contributed by atoms with van der Waals surface area (Å²) < 4.78 is 19.8. The molecular weight excluding hydrogens is 394 g/mol. The zero-order valence-electron chi connectivity index (χ0n) is 10.2. The van der Waals surface area contributed by atoms with Gasteiger partial charge in [-0.2, -0.15) is 5.26 Å². The molecule has 0 amide bonds. The number of hydrogen-bond donors (Lipinski definition) is 1. The molecule has 0 saturated heterocycles. The summed E-state index contributed by atoms with van der Waals surface area (Å²) in [5, 5.41) is 9.28. The molecule has 102 valence electrons. The number of hydrogen-bond acceptors (Lipinski definition) is 3. The van der Waals surface area contributed by atoms with E-state index in [1.54, 1.807) is 6.07 Å². The van der Waals surface area contributed by atoms with Gasteiger partial charge >= 0.3 is 0 Å². The Morgan fingerprint density at radius 1 is 1.35 bits per heavy atom. The van der Waals surface area contributed by atoms with E-state index in [0.717, 1.165) is 0 Å². The van der Waals surface area contributed by atoms with E-state index in [1.165, 1.54) is 24.3 Å². The van der Waals surface area contributed by atoms with E-state index >= 15 is 0 Å². The summed E-state index contributed by atoms with van der Waals surface area (Å²) >= 11 is 7.83. The summed E-state index contributed by atoms with van der Waals surface area (Å²) in [7, 11) is 0. The molecular formula is C14H9ClFIN2O. The van der Waals surface area contributed by atoms with Gasteiger partial charge in [-0.15, -0.1) is 0 Å². The van der Waals surface area contributed by atoms with Crippen molar-refractivity contribution in [3.05, 3.63) is 55.9 Å². The summed E-state index contributed by atoms with van der Waals surface area (Å²) in [6.45, 7) is 0.0124. The van der Waals surface area contributed by atoms with Gasteiger partial charge in [-0.05, 0) is 52.9 Å². The normalized spacial score (nSPS) is 10.1. The first kappa shape index (κ1) is 14.9. The third kappa shape index (κ3) is 3.32. The molecule has 2 aromatic rings. The lowest BCUT2D eigenvalue weighted by Gasteiger charge is -2.12. The number of benzene rings is 2. The van der Waals surface area contributed by atoms with Gasteiger partial charge in [0, 0.05) is 10.6 Å². The van der Waals surface area contributed by atoms with E-state index in [1.807, 2.05) is 28.7 Å². The highest BCUT2D eigenvalue weighted by Gasteiger charge is 2.10. The van der Waals surface area contributed by atoms with Crippen molar-refractivity contribution in [2.75, 3.05) is 5.73 Å². The van der Waals surface area contributed by atoms with Crippen LogP contribution in [-0.4, -0.2) is 0 Å².